The van der Waals surface area contributed by atoms with Gasteiger partial charge >= 0.3 is 0 Å². The molecule has 0 aromatic carbocycles. The molecule has 1 aromatic rings. The summed E-state index contributed by atoms with van der Waals surface area (Å²) >= 11 is 0. The number of nitrogens with zero attached hydrogens (tertiary/aromatic N) is 3. The van der Waals surface area contributed by atoms with Crippen molar-refractivity contribution in [3.05, 3.63) is 23.4 Å². The standard InChI is InChI=1S/C18H26N4O2/c1-13-6-7-15(11-19)17(20-13)22-9-4-5-16(12-22)18(23)21-14(2)8-10-24-3/h6-7,14,16H,4-5,8-10,12H2,1-3H3,(H,21,23)/t14-,16+/m1/s1. The molecule has 2 heterocycles. The van der Waals surface area contributed by atoms with Gasteiger partial charge in [0.15, 0.2) is 0 Å². The molecule has 24 heavy (non-hydrogen) atoms. The normalized spacial score (nSPS) is 18.8. The Morgan fingerprint density at radius 2 is 2.38 bits per heavy atom. The van der Waals surface area contributed by atoms with Crippen LogP contribution in [0.2, 0.25) is 0 Å². The van der Waals surface area contributed by atoms with Crippen molar-refractivity contribution in [3.8, 4) is 6.07 Å². The first-order valence-corrected chi connectivity index (χ1v) is 8.47. The third-order valence-electron chi connectivity index (χ3n) is 4.37. The maximum atomic E-state index is 12.5. The number of carbonyl (C=O) groups excluding carboxylic acids is 1. The van der Waals surface area contributed by atoms with Gasteiger partial charge in [-0.15, -0.1) is 0 Å². The van der Waals surface area contributed by atoms with E-state index in [0.717, 1.165) is 31.5 Å². The molecule has 1 N–H and O–H groups in total. The van der Waals surface area contributed by atoms with Crippen molar-refractivity contribution in [1.29, 1.82) is 5.26 Å². The number of aryl methyl sites for hydroxylation is 1. The molecule has 0 saturated carbocycles. The second-order valence-electron chi connectivity index (χ2n) is 6.41. The van der Waals surface area contributed by atoms with E-state index in [4.69, 9.17) is 4.74 Å². The number of hydrogen-bond donors (Lipinski definition) is 1. The van der Waals surface area contributed by atoms with E-state index in [0.29, 0.717) is 24.5 Å². The Morgan fingerprint density at radius 1 is 1.58 bits per heavy atom. The van der Waals surface area contributed by atoms with Crippen molar-refractivity contribution < 1.29 is 9.53 Å². The highest BCUT2D eigenvalue weighted by Crippen LogP contribution is 2.25. The smallest absolute Gasteiger partial charge is 0.225 e. The molecule has 0 bridgehead atoms. The first-order chi connectivity index (χ1) is 11.5. The van der Waals surface area contributed by atoms with Crippen molar-refractivity contribution in [3.63, 3.8) is 0 Å². The highest BCUT2D eigenvalue weighted by molar-refractivity contribution is 5.80. The minimum atomic E-state index is -0.0717. The van der Waals surface area contributed by atoms with Crippen molar-refractivity contribution in [2.24, 2.45) is 5.92 Å². The third-order valence-corrected chi connectivity index (χ3v) is 4.37. The molecule has 0 radical (unpaired) electrons. The average molecular weight is 330 g/mol. The zero-order valence-electron chi connectivity index (χ0n) is 14.7. The van der Waals surface area contributed by atoms with E-state index >= 15 is 0 Å². The number of nitriles is 1. The number of amides is 1. The van der Waals surface area contributed by atoms with Gasteiger partial charge in [-0.2, -0.15) is 5.26 Å². The van der Waals surface area contributed by atoms with E-state index in [1.165, 1.54) is 0 Å². The zero-order valence-corrected chi connectivity index (χ0v) is 14.7. The zero-order chi connectivity index (χ0) is 17.5. The quantitative estimate of drug-likeness (QED) is 0.863. The number of pyridine rings is 1. The molecule has 6 heteroatoms. The van der Waals surface area contributed by atoms with Gasteiger partial charge in [0.05, 0.1) is 11.5 Å². The number of nitrogens with one attached hydrogen (secondary N) is 1. The number of carbonyl (C=O) groups is 1. The van der Waals surface area contributed by atoms with Crippen LogP contribution in [0.5, 0.6) is 0 Å². The number of piperidine rings is 1. The molecule has 1 saturated heterocycles. The lowest BCUT2D eigenvalue weighted by Crippen LogP contribution is -2.46. The van der Waals surface area contributed by atoms with Crippen molar-refractivity contribution in [2.45, 2.75) is 39.2 Å². The molecule has 2 atom stereocenters. The first-order valence-electron chi connectivity index (χ1n) is 8.47. The lowest BCUT2D eigenvalue weighted by Gasteiger charge is -2.34. The molecule has 0 aliphatic carbocycles. The molecule has 1 amide bonds. The maximum Gasteiger partial charge on any atom is 0.225 e. The average Bonchev–Trinajstić information content (AvgIpc) is 2.60. The van der Waals surface area contributed by atoms with E-state index in [2.05, 4.69) is 21.3 Å². The highest BCUT2D eigenvalue weighted by Gasteiger charge is 2.28. The van der Waals surface area contributed by atoms with Gasteiger partial charge in [0.25, 0.3) is 0 Å². The second-order valence-corrected chi connectivity index (χ2v) is 6.41. The van der Waals surface area contributed by atoms with Crippen LogP contribution in [-0.4, -0.2) is 43.7 Å². The SMILES string of the molecule is COCC[C@@H](C)NC(=O)[C@H]1CCCN(c2nc(C)ccc2C#N)C1. The Morgan fingerprint density at radius 3 is 3.08 bits per heavy atom. The number of aromatic nitrogens is 1. The van der Waals surface area contributed by atoms with Gasteiger partial charge in [-0.1, -0.05) is 0 Å². The second kappa shape index (κ2) is 8.65. The van der Waals surface area contributed by atoms with E-state index in [1.54, 1.807) is 13.2 Å². The van der Waals surface area contributed by atoms with Crippen LogP contribution in [-0.2, 0) is 9.53 Å². The number of anilines is 1. The summed E-state index contributed by atoms with van der Waals surface area (Å²) in [5, 5.41) is 12.4. The van der Waals surface area contributed by atoms with E-state index in [1.807, 2.05) is 19.9 Å². The Balaban J connectivity index is 2.03. The monoisotopic (exact) mass is 330 g/mol. The van der Waals surface area contributed by atoms with Crippen molar-refractivity contribution in [1.82, 2.24) is 10.3 Å². The van der Waals surface area contributed by atoms with Crippen LogP contribution >= 0.6 is 0 Å². The summed E-state index contributed by atoms with van der Waals surface area (Å²) in [6.07, 6.45) is 2.59. The van der Waals surface area contributed by atoms with Gasteiger partial charge in [-0.3, -0.25) is 4.79 Å². The molecular formula is C18H26N4O2. The third kappa shape index (κ3) is 4.68. The fraction of sp³-hybridized carbons (Fsp3) is 0.611. The lowest BCUT2D eigenvalue weighted by molar-refractivity contribution is -0.125. The largest absolute Gasteiger partial charge is 0.385 e. The summed E-state index contributed by atoms with van der Waals surface area (Å²) in [6, 6.07) is 5.94. The predicted octanol–water partition coefficient (Wildman–Crippen LogP) is 2.02. The Bertz CT molecular complexity index is 612. The summed E-state index contributed by atoms with van der Waals surface area (Å²) in [6.45, 7) is 5.97. The Kier molecular flexibility index (Phi) is 6.56. The minimum Gasteiger partial charge on any atom is -0.385 e. The molecule has 0 spiro atoms. The van der Waals surface area contributed by atoms with E-state index < -0.39 is 0 Å². The molecule has 1 fully saturated rings. The number of rotatable bonds is 6. The van der Waals surface area contributed by atoms with Crippen LogP contribution in [0.15, 0.2) is 12.1 Å². The van der Waals surface area contributed by atoms with Gasteiger partial charge in [-0.25, -0.2) is 4.98 Å². The molecule has 1 aromatic heterocycles. The summed E-state index contributed by atoms with van der Waals surface area (Å²) in [7, 11) is 1.66. The first kappa shape index (κ1) is 18.2. The summed E-state index contributed by atoms with van der Waals surface area (Å²) in [5.41, 5.74) is 1.44. The summed E-state index contributed by atoms with van der Waals surface area (Å²) in [5.74, 6) is 0.703. The molecule has 1 aliphatic rings. The molecular weight excluding hydrogens is 304 g/mol. The highest BCUT2D eigenvalue weighted by atomic mass is 16.5. The van der Waals surface area contributed by atoms with Crippen LogP contribution in [0, 0.1) is 24.2 Å². The summed E-state index contributed by atoms with van der Waals surface area (Å²) in [4.78, 5) is 19.1. The van der Waals surface area contributed by atoms with Crippen LogP contribution in [0.3, 0.4) is 0 Å². The van der Waals surface area contributed by atoms with Crippen molar-refractivity contribution >= 4 is 11.7 Å². The van der Waals surface area contributed by atoms with E-state index in [9.17, 15) is 10.1 Å². The van der Waals surface area contributed by atoms with Crippen LogP contribution in [0.4, 0.5) is 5.82 Å². The minimum absolute atomic E-state index is 0.0717. The van der Waals surface area contributed by atoms with Crippen molar-refractivity contribution in [2.75, 3.05) is 31.7 Å². The Hall–Kier alpha value is -2.13. The molecule has 6 nitrogen and oxygen atoms in total. The van der Waals surface area contributed by atoms with Crippen LogP contribution < -0.4 is 10.2 Å². The van der Waals surface area contributed by atoms with Crippen LogP contribution in [0.25, 0.3) is 0 Å². The Labute approximate surface area is 143 Å². The molecule has 1 aliphatic heterocycles. The fourth-order valence-electron chi connectivity index (χ4n) is 2.98. The van der Waals surface area contributed by atoms with Gasteiger partial charge < -0.3 is 15.0 Å². The van der Waals surface area contributed by atoms with Gasteiger partial charge in [0, 0.05) is 38.5 Å². The molecule has 130 valence electrons. The lowest BCUT2D eigenvalue weighted by atomic mass is 9.96. The number of ether oxygens (including phenoxy) is 1. The van der Waals surface area contributed by atoms with E-state index in [-0.39, 0.29) is 17.9 Å². The molecule has 0 unspecified atom stereocenters. The van der Waals surface area contributed by atoms with Crippen LogP contribution in [0.1, 0.15) is 37.4 Å². The number of methoxy groups -OCH3 is 1. The summed E-state index contributed by atoms with van der Waals surface area (Å²) < 4.78 is 5.05. The molecule has 2 rings (SSSR count). The fourth-order valence-corrected chi connectivity index (χ4v) is 2.98. The topological polar surface area (TPSA) is 78.2 Å². The van der Waals surface area contributed by atoms with Gasteiger partial charge in [0.2, 0.25) is 5.91 Å². The maximum absolute atomic E-state index is 12.5. The van der Waals surface area contributed by atoms with Gasteiger partial charge in [0.1, 0.15) is 11.9 Å². The number of hydrogen-bond acceptors (Lipinski definition) is 5. The predicted molar refractivity (Wildman–Crippen MR) is 92.7 cm³/mol. The van der Waals surface area contributed by atoms with Gasteiger partial charge in [-0.05, 0) is 45.2 Å².